The van der Waals surface area contributed by atoms with E-state index in [1.54, 1.807) is 0 Å². The second-order valence-corrected chi connectivity index (χ2v) is 5.44. The zero-order valence-corrected chi connectivity index (χ0v) is 13.6. The molecule has 0 atom stereocenters. The van der Waals surface area contributed by atoms with Gasteiger partial charge in [0.1, 0.15) is 11.6 Å². The highest BCUT2D eigenvalue weighted by molar-refractivity contribution is 5.84. The Kier molecular flexibility index (Phi) is 4.79. The van der Waals surface area contributed by atoms with E-state index < -0.39 is 5.97 Å². The Labute approximate surface area is 140 Å². The van der Waals surface area contributed by atoms with E-state index in [1.807, 2.05) is 25.1 Å². The van der Waals surface area contributed by atoms with Crippen LogP contribution in [-0.4, -0.2) is 53.8 Å². The number of para-hydroxylation sites is 2. The van der Waals surface area contributed by atoms with Crippen LogP contribution in [0.5, 0.6) is 5.75 Å². The Hall–Kier alpha value is -2.83. The van der Waals surface area contributed by atoms with Crippen LogP contribution in [0, 0.1) is 0 Å². The third-order valence-electron chi connectivity index (χ3n) is 3.97. The van der Waals surface area contributed by atoms with Gasteiger partial charge in [-0.15, -0.1) is 0 Å². The van der Waals surface area contributed by atoms with Crippen molar-refractivity contribution in [2.75, 3.05) is 42.6 Å². The maximum atomic E-state index is 10.8. The number of aromatic nitrogens is 2. The van der Waals surface area contributed by atoms with Gasteiger partial charge in [-0.3, -0.25) is 0 Å². The van der Waals surface area contributed by atoms with Crippen molar-refractivity contribution in [1.82, 2.24) is 9.97 Å². The van der Waals surface area contributed by atoms with Crippen LogP contribution < -0.4 is 14.5 Å². The molecule has 0 radical (unpaired) electrons. The maximum Gasteiger partial charge on any atom is 0.356 e. The number of aromatic carboxylic acids is 1. The van der Waals surface area contributed by atoms with Crippen LogP contribution in [-0.2, 0) is 0 Å². The maximum absolute atomic E-state index is 10.8. The fraction of sp³-hybridized carbons (Fsp3) is 0.353. The number of anilines is 2. The predicted molar refractivity (Wildman–Crippen MR) is 91.0 cm³/mol. The van der Waals surface area contributed by atoms with Gasteiger partial charge in [0.2, 0.25) is 0 Å². The van der Waals surface area contributed by atoms with E-state index in [-0.39, 0.29) is 5.69 Å². The summed E-state index contributed by atoms with van der Waals surface area (Å²) >= 11 is 0. The number of rotatable bonds is 5. The monoisotopic (exact) mass is 328 g/mol. The first-order valence-electron chi connectivity index (χ1n) is 7.96. The van der Waals surface area contributed by atoms with Crippen LogP contribution in [0.3, 0.4) is 0 Å². The fourth-order valence-corrected chi connectivity index (χ4v) is 2.77. The summed E-state index contributed by atoms with van der Waals surface area (Å²) in [6.07, 6.45) is 2.82. The van der Waals surface area contributed by atoms with Crippen molar-refractivity contribution in [2.45, 2.75) is 6.92 Å². The number of ether oxygens (including phenoxy) is 1. The number of carboxylic acids is 1. The van der Waals surface area contributed by atoms with Gasteiger partial charge in [0.15, 0.2) is 5.69 Å². The molecular weight excluding hydrogens is 308 g/mol. The second kappa shape index (κ2) is 7.16. The topological polar surface area (TPSA) is 78.8 Å². The standard InChI is InChI=1S/C17H20N4O3/c1-2-24-15-6-4-3-5-14(15)20-7-9-21(10-8-20)16-12-18-13(11-19-16)17(22)23/h3-6,11-12H,2,7-10H2,1H3,(H,22,23). The molecule has 0 bridgehead atoms. The summed E-state index contributed by atoms with van der Waals surface area (Å²) < 4.78 is 5.70. The lowest BCUT2D eigenvalue weighted by molar-refractivity contribution is 0.0690. The van der Waals surface area contributed by atoms with E-state index in [1.165, 1.54) is 12.4 Å². The molecule has 1 aromatic carbocycles. The zero-order chi connectivity index (χ0) is 16.9. The average molecular weight is 328 g/mol. The largest absolute Gasteiger partial charge is 0.492 e. The summed E-state index contributed by atoms with van der Waals surface area (Å²) in [7, 11) is 0. The lowest BCUT2D eigenvalue weighted by atomic mass is 10.2. The summed E-state index contributed by atoms with van der Waals surface area (Å²) in [6, 6.07) is 8.05. The molecule has 126 valence electrons. The Morgan fingerprint density at radius 1 is 1.12 bits per heavy atom. The number of hydrogen-bond donors (Lipinski definition) is 1. The van der Waals surface area contributed by atoms with Crippen LogP contribution in [0.15, 0.2) is 36.7 Å². The molecule has 2 aromatic rings. The molecule has 24 heavy (non-hydrogen) atoms. The minimum atomic E-state index is -1.06. The number of piperazine rings is 1. The van der Waals surface area contributed by atoms with Gasteiger partial charge < -0.3 is 19.6 Å². The van der Waals surface area contributed by atoms with Crippen molar-refractivity contribution in [3.05, 3.63) is 42.4 Å². The van der Waals surface area contributed by atoms with Crippen LogP contribution in [0.1, 0.15) is 17.4 Å². The summed E-state index contributed by atoms with van der Waals surface area (Å²) in [4.78, 5) is 23.4. The quantitative estimate of drug-likeness (QED) is 0.898. The molecule has 0 aliphatic carbocycles. The van der Waals surface area contributed by atoms with E-state index in [0.717, 1.165) is 37.6 Å². The molecule has 7 nitrogen and oxygen atoms in total. The SMILES string of the molecule is CCOc1ccccc1N1CCN(c2cnc(C(=O)O)cn2)CC1. The molecule has 7 heteroatoms. The van der Waals surface area contributed by atoms with Crippen LogP contribution in [0.2, 0.25) is 0 Å². The normalized spacial score (nSPS) is 14.5. The van der Waals surface area contributed by atoms with Crippen molar-refractivity contribution in [1.29, 1.82) is 0 Å². The van der Waals surface area contributed by atoms with Gasteiger partial charge in [0.25, 0.3) is 0 Å². The first-order chi connectivity index (χ1) is 11.7. The lowest BCUT2D eigenvalue weighted by Gasteiger charge is -2.37. The van der Waals surface area contributed by atoms with E-state index >= 15 is 0 Å². The van der Waals surface area contributed by atoms with E-state index in [2.05, 4.69) is 25.8 Å². The molecule has 0 saturated carbocycles. The van der Waals surface area contributed by atoms with Crippen LogP contribution in [0.4, 0.5) is 11.5 Å². The molecule has 1 aliphatic heterocycles. The first-order valence-corrected chi connectivity index (χ1v) is 7.96. The highest BCUT2D eigenvalue weighted by Crippen LogP contribution is 2.29. The van der Waals surface area contributed by atoms with Gasteiger partial charge in [-0.1, -0.05) is 12.1 Å². The molecule has 1 N–H and O–H groups in total. The smallest absolute Gasteiger partial charge is 0.356 e. The first kappa shape index (κ1) is 16.0. The Balaban J connectivity index is 1.66. The highest BCUT2D eigenvalue weighted by Gasteiger charge is 2.21. The van der Waals surface area contributed by atoms with Crippen LogP contribution >= 0.6 is 0 Å². The summed E-state index contributed by atoms with van der Waals surface area (Å²) in [6.45, 7) is 5.89. The molecule has 0 amide bonds. The molecule has 1 aromatic heterocycles. The Morgan fingerprint density at radius 3 is 2.46 bits per heavy atom. The molecule has 3 rings (SSSR count). The van der Waals surface area contributed by atoms with Gasteiger partial charge in [-0.05, 0) is 19.1 Å². The number of carbonyl (C=O) groups is 1. The van der Waals surface area contributed by atoms with Crippen molar-refractivity contribution >= 4 is 17.5 Å². The number of nitrogens with zero attached hydrogens (tertiary/aromatic N) is 4. The third kappa shape index (κ3) is 3.40. The highest BCUT2D eigenvalue weighted by atomic mass is 16.5. The summed E-state index contributed by atoms with van der Waals surface area (Å²) in [5.41, 5.74) is 1.06. The fourth-order valence-electron chi connectivity index (χ4n) is 2.77. The average Bonchev–Trinajstić information content (AvgIpc) is 2.63. The van der Waals surface area contributed by atoms with Crippen molar-refractivity contribution < 1.29 is 14.6 Å². The molecule has 0 unspecified atom stereocenters. The van der Waals surface area contributed by atoms with Gasteiger partial charge in [0, 0.05) is 26.2 Å². The molecule has 1 fully saturated rings. The minimum Gasteiger partial charge on any atom is -0.492 e. The molecule has 1 aliphatic rings. The molecular formula is C17H20N4O3. The van der Waals surface area contributed by atoms with E-state index in [9.17, 15) is 4.79 Å². The van der Waals surface area contributed by atoms with E-state index in [4.69, 9.17) is 9.84 Å². The molecule has 2 heterocycles. The second-order valence-electron chi connectivity index (χ2n) is 5.44. The van der Waals surface area contributed by atoms with Gasteiger partial charge in [-0.25, -0.2) is 14.8 Å². The van der Waals surface area contributed by atoms with Crippen molar-refractivity contribution in [3.63, 3.8) is 0 Å². The van der Waals surface area contributed by atoms with Gasteiger partial charge in [0.05, 0.1) is 24.7 Å². The minimum absolute atomic E-state index is 0.0389. The van der Waals surface area contributed by atoms with Crippen molar-refractivity contribution in [3.8, 4) is 5.75 Å². The number of carboxylic acid groups (broad SMARTS) is 1. The van der Waals surface area contributed by atoms with Crippen molar-refractivity contribution in [2.24, 2.45) is 0 Å². The summed E-state index contributed by atoms with van der Waals surface area (Å²) in [5, 5.41) is 8.88. The Bertz CT molecular complexity index is 697. The summed E-state index contributed by atoms with van der Waals surface area (Å²) in [5.74, 6) is 0.545. The number of benzene rings is 1. The van der Waals surface area contributed by atoms with Gasteiger partial charge in [-0.2, -0.15) is 0 Å². The van der Waals surface area contributed by atoms with E-state index in [0.29, 0.717) is 12.4 Å². The molecule has 1 saturated heterocycles. The lowest BCUT2D eigenvalue weighted by Crippen LogP contribution is -2.47. The van der Waals surface area contributed by atoms with Gasteiger partial charge >= 0.3 is 5.97 Å². The zero-order valence-electron chi connectivity index (χ0n) is 13.6. The predicted octanol–water partition coefficient (Wildman–Crippen LogP) is 1.90. The third-order valence-corrected chi connectivity index (χ3v) is 3.97. The molecule has 0 spiro atoms. The van der Waals surface area contributed by atoms with Crippen LogP contribution in [0.25, 0.3) is 0 Å². The number of hydrogen-bond acceptors (Lipinski definition) is 6. The Morgan fingerprint density at radius 2 is 1.83 bits per heavy atom.